The SMILES string of the molecule is CC[Si](CC)(CC)OCCC#CC(OC)OC. The van der Waals surface area contributed by atoms with Crippen molar-refractivity contribution in [3.8, 4) is 11.8 Å². The van der Waals surface area contributed by atoms with Crippen LogP contribution in [0.1, 0.15) is 27.2 Å². The van der Waals surface area contributed by atoms with Crippen molar-refractivity contribution in [3.05, 3.63) is 0 Å². The van der Waals surface area contributed by atoms with E-state index in [1.807, 2.05) is 0 Å². The number of hydrogen-bond acceptors (Lipinski definition) is 3. The minimum Gasteiger partial charge on any atom is -0.416 e. The van der Waals surface area contributed by atoms with Crippen molar-refractivity contribution in [2.24, 2.45) is 0 Å². The monoisotopic (exact) mass is 258 g/mol. The van der Waals surface area contributed by atoms with Gasteiger partial charge in [0.1, 0.15) is 0 Å². The normalized spacial score (nSPS) is 11.4. The maximum atomic E-state index is 6.08. The Bertz CT molecular complexity index is 229. The van der Waals surface area contributed by atoms with E-state index < -0.39 is 14.6 Å². The summed E-state index contributed by atoms with van der Waals surface area (Å²) in [5, 5.41) is 0. The molecule has 0 aliphatic heterocycles. The molecule has 0 N–H and O–H groups in total. The van der Waals surface area contributed by atoms with Crippen molar-refractivity contribution in [2.75, 3.05) is 20.8 Å². The molecule has 0 spiro atoms. The molecule has 0 fully saturated rings. The van der Waals surface area contributed by atoms with Gasteiger partial charge in [0.05, 0.1) is 0 Å². The lowest BCUT2D eigenvalue weighted by molar-refractivity contribution is -0.0596. The van der Waals surface area contributed by atoms with Crippen LogP contribution in [0.4, 0.5) is 0 Å². The van der Waals surface area contributed by atoms with Crippen molar-refractivity contribution in [3.63, 3.8) is 0 Å². The lowest BCUT2D eigenvalue weighted by Crippen LogP contribution is -2.35. The Hall–Kier alpha value is -0.343. The van der Waals surface area contributed by atoms with Gasteiger partial charge in [0.25, 0.3) is 0 Å². The minimum absolute atomic E-state index is 0.416. The lowest BCUT2D eigenvalue weighted by Gasteiger charge is -2.27. The third-order valence-corrected chi connectivity index (χ3v) is 7.90. The van der Waals surface area contributed by atoms with Gasteiger partial charge in [0.2, 0.25) is 6.29 Å². The van der Waals surface area contributed by atoms with Crippen molar-refractivity contribution >= 4 is 8.32 Å². The van der Waals surface area contributed by atoms with Gasteiger partial charge in [-0.25, -0.2) is 0 Å². The summed E-state index contributed by atoms with van der Waals surface area (Å²) in [5.74, 6) is 5.93. The minimum atomic E-state index is -1.44. The summed E-state index contributed by atoms with van der Waals surface area (Å²) >= 11 is 0. The van der Waals surface area contributed by atoms with E-state index >= 15 is 0 Å². The van der Waals surface area contributed by atoms with Gasteiger partial charge in [0, 0.05) is 27.2 Å². The predicted molar refractivity (Wildman–Crippen MR) is 73.3 cm³/mol. The second kappa shape index (κ2) is 9.66. The van der Waals surface area contributed by atoms with E-state index in [0.29, 0.717) is 0 Å². The molecule has 0 rings (SSSR count). The topological polar surface area (TPSA) is 27.7 Å². The summed E-state index contributed by atoms with van der Waals surface area (Å²) in [6.07, 6.45) is 0.332. The number of hydrogen-bond donors (Lipinski definition) is 0. The Morgan fingerprint density at radius 2 is 1.53 bits per heavy atom. The third kappa shape index (κ3) is 6.23. The maximum absolute atomic E-state index is 6.08. The first-order valence-corrected chi connectivity index (χ1v) is 8.88. The molecule has 0 amide bonds. The second-order valence-corrected chi connectivity index (χ2v) is 8.74. The highest BCUT2D eigenvalue weighted by Gasteiger charge is 2.27. The molecule has 0 unspecified atom stereocenters. The fourth-order valence-electron chi connectivity index (χ4n) is 1.74. The summed E-state index contributed by atoms with van der Waals surface area (Å²) < 4.78 is 16.0. The molecule has 0 aliphatic rings. The molecule has 0 bridgehead atoms. The molecule has 0 aromatic carbocycles. The average molecular weight is 258 g/mol. The van der Waals surface area contributed by atoms with Crippen LogP contribution in [0, 0.1) is 11.8 Å². The van der Waals surface area contributed by atoms with Gasteiger partial charge in [-0.3, -0.25) is 0 Å². The fourth-order valence-corrected chi connectivity index (χ4v) is 4.39. The summed E-state index contributed by atoms with van der Waals surface area (Å²) in [6.45, 7) is 7.43. The zero-order chi connectivity index (χ0) is 13.1. The zero-order valence-corrected chi connectivity index (χ0v) is 12.8. The molecule has 0 radical (unpaired) electrons. The van der Waals surface area contributed by atoms with Crippen LogP contribution in [0.3, 0.4) is 0 Å². The molecular weight excluding hydrogens is 232 g/mol. The van der Waals surface area contributed by atoms with Crippen LogP contribution in [0.5, 0.6) is 0 Å². The van der Waals surface area contributed by atoms with E-state index in [0.717, 1.165) is 13.0 Å². The van der Waals surface area contributed by atoms with E-state index in [1.165, 1.54) is 18.1 Å². The molecule has 0 saturated carbocycles. The zero-order valence-electron chi connectivity index (χ0n) is 11.8. The first-order chi connectivity index (χ1) is 8.17. The molecule has 0 heterocycles. The second-order valence-electron chi connectivity index (χ2n) is 3.97. The highest BCUT2D eigenvalue weighted by molar-refractivity contribution is 6.73. The van der Waals surface area contributed by atoms with Crippen molar-refractivity contribution < 1.29 is 13.9 Å². The molecule has 0 atom stereocenters. The Balaban J connectivity index is 3.97. The van der Waals surface area contributed by atoms with Crippen LogP contribution in [-0.4, -0.2) is 35.4 Å². The Labute approximate surface area is 107 Å². The Morgan fingerprint density at radius 1 is 1.00 bits per heavy atom. The number of ether oxygens (including phenoxy) is 2. The van der Waals surface area contributed by atoms with Crippen LogP contribution >= 0.6 is 0 Å². The van der Waals surface area contributed by atoms with Gasteiger partial charge in [-0.1, -0.05) is 26.7 Å². The van der Waals surface area contributed by atoms with Crippen LogP contribution in [-0.2, 0) is 13.9 Å². The fraction of sp³-hybridized carbons (Fsp3) is 0.846. The van der Waals surface area contributed by atoms with Gasteiger partial charge in [-0.2, -0.15) is 0 Å². The predicted octanol–water partition coefficient (Wildman–Crippen LogP) is 3.02. The number of rotatable bonds is 8. The van der Waals surface area contributed by atoms with Gasteiger partial charge in [-0.15, -0.1) is 0 Å². The van der Waals surface area contributed by atoms with Crippen LogP contribution in [0.25, 0.3) is 0 Å². The highest BCUT2D eigenvalue weighted by atomic mass is 28.4. The molecule has 0 aromatic rings. The highest BCUT2D eigenvalue weighted by Crippen LogP contribution is 2.21. The first-order valence-electron chi connectivity index (χ1n) is 6.35. The summed E-state index contributed by atoms with van der Waals surface area (Å²) in [4.78, 5) is 0. The molecule has 0 saturated heterocycles. The molecule has 100 valence electrons. The third-order valence-electron chi connectivity index (χ3n) is 3.22. The van der Waals surface area contributed by atoms with E-state index in [-0.39, 0.29) is 0 Å². The molecule has 4 heteroatoms. The average Bonchev–Trinajstić information content (AvgIpc) is 2.39. The number of methoxy groups -OCH3 is 2. The summed E-state index contributed by atoms with van der Waals surface area (Å²) in [5.41, 5.74) is 0. The lowest BCUT2D eigenvalue weighted by atomic mass is 10.4. The Kier molecular flexibility index (Phi) is 9.47. The standard InChI is InChI=1S/C13H26O3Si/c1-6-17(7-2,8-3)16-12-10-9-11-13(14-4)15-5/h13H,6-8,10,12H2,1-5H3. The van der Waals surface area contributed by atoms with Crippen LogP contribution in [0.2, 0.25) is 18.1 Å². The maximum Gasteiger partial charge on any atom is 0.221 e. The van der Waals surface area contributed by atoms with E-state index in [4.69, 9.17) is 13.9 Å². The first kappa shape index (κ1) is 16.7. The Morgan fingerprint density at radius 3 is 1.94 bits per heavy atom. The van der Waals surface area contributed by atoms with Crippen molar-refractivity contribution in [2.45, 2.75) is 51.6 Å². The summed E-state index contributed by atoms with van der Waals surface area (Å²) in [7, 11) is 1.73. The van der Waals surface area contributed by atoms with Gasteiger partial charge in [0.15, 0.2) is 8.32 Å². The van der Waals surface area contributed by atoms with Gasteiger partial charge in [-0.05, 0) is 24.1 Å². The quantitative estimate of drug-likeness (QED) is 0.290. The van der Waals surface area contributed by atoms with E-state index in [2.05, 4.69) is 32.6 Å². The van der Waals surface area contributed by atoms with Gasteiger partial charge >= 0.3 is 0 Å². The molecular formula is C13H26O3Si. The molecule has 3 nitrogen and oxygen atoms in total. The van der Waals surface area contributed by atoms with Crippen LogP contribution < -0.4 is 0 Å². The van der Waals surface area contributed by atoms with E-state index in [1.54, 1.807) is 14.2 Å². The molecule has 0 aromatic heterocycles. The smallest absolute Gasteiger partial charge is 0.221 e. The van der Waals surface area contributed by atoms with Gasteiger partial charge < -0.3 is 13.9 Å². The van der Waals surface area contributed by atoms with Crippen LogP contribution in [0.15, 0.2) is 0 Å². The largest absolute Gasteiger partial charge is 0.416 e. The molecule has 17 heavy (non-hydrogen) atoms. The summed E-state index contributed by atoms with van der Waals surface area (Å²) in [6, 6.07) is 3.56. The van der Waals surface area contributed by atoms with Crippen molar-refractivity contribution in [1.82, 2.24) is 0 Å². The van der Waals surface area contributed by atoms with Crippen molar-refractivity contribution in [1.29, 1.82) is 0 Å². The van der Waals surface area contributed by atoms with E-state index in [9.17, 15) is 0 Å². The molecule has 0 aliphatic carbocycles.